The second-order valence-corrected chi connectivity index (χ2v) is 6.35. The first-order chi connectivity index (χ1) is 6.80. The van der Waals surface area contributed by atoms with E-state index in [1.54, 1.807) is 0 Å². The van der Waals surface area contributed by atoms with E-state index in [0.29, 0.717) is 11.3 Å². The van der Waals surface area contributed by atoms with Gasteiger partial charge in [-0.2, -0.15) is 0 Å². The second-order valence-electron chi connectivity index (χ2n) is 2.64. The lowest BCUT2D eigenvalue weighted by atomic mass is 10.8. The highest BCUT2D eigenvalue weighted by atomic mass is 35.7. The van der Waals surface area contributed by atoms with Crippen LogP contribution in [0, 0.1) is 0 Å². The summed E-state index contributed by atoms with van der Waals surface area (Å²) in [7, 11) is 4.22. The molecule has 1 N–H and O–H groups in total. The SMILES string of the molecule is CN(C)C(=O)Nc1nnc(S(=O)(=O)Cl)s1. The summed E-state index contributed by atoms with van der Waals surface area (Å²) >= 11 is 0.685. The molecule has 0 bridgehead atoms. The third kappa shape index (κ3) is 3.29. The Morgan fingerprint density at radius 3 is 2.47 bits per heavy atom. The molecule has 0 saturated carbocycles. The van der Waals surface area contributed by atoms with Crippen molar-refractivity contribution in [2.75, 3.05) is 19.4 Å². The fourth-order valence-corrected chi connectivity index (χ4v) is 2.18. The van der Waals surface area contributed by atoms with Crippen molar-refractivity contribution in [2.24, 2.45) is 0 Å². The normalized spacial score (nSPS) is 11.1. The van der Waals surface area contributed by atoms with Crippen LogP contribution in [-0.4, -0.2) is 43.6 Å². The molecule has 0 aromatic carbocycles. The molecule has 0 saturated heterocycles. The maximum atomic E-state index is 11.1. The largest absolute Gasteiger partial charge is 0.331 e. The van der Waals surface area contributed by atoms with Crippen molar-refractivity contribution in [3.63, 3.8) is 0 Å². The Bertz CT molecular complexity index is 468. The lowest BCUT2D eigenvalue weighted by molar-refractivity contribution is 0.230. The molecular weight excluding hydrogens is 264 g/mol. The van der Waals surface area contributed by atoms with Crippen LogP contribution < -0.4 is 5.32 Å². The third-order valence-corrected chi connectivity index (χ3v) is 3.99. The molecule has 7 nitrogen and oxygen atoms in total. The number of hydrogen-bond donors (Lipinski definition) is 1. The number of nitrogens with one attached hydrogen (secondary N) is 1. The van der Waals surface area contributed by atoms with Gasteiger partial charge in [0.15, 0.2) is 0 Å². The van der Waals surface area contributed by atoms with Crippen LogP contribution in [0.5, 0.6) is 0 Å². The summed E-state index contributed by atoms with van der Waals surface area (Å²) in [6.07, 6.45) is 0. The summed E-state index contributed by atoms with van der Waals surface area (Å²) in [5.74, 6) is 0. The first-order valence-corrected chi connectivity index (χ1v) is 6.70. The van der Waals surface area contributed by atoms with Gasteiger partial charge < -0.3 is 4.90 Å². The predicted molar refractivity (Wildman–Crippen MR) is 55.7 cm³/mol. The van der Waals surface area contributed by atoms with E-state index in [0.717, 1.165) is 0 Å². The summed E-state index contributed by atoms with van der Waals surface area (Å²) in [5.41, 5.74) is 0. The number of rotatable bonds is 2. The molecule has 1 aromatic heterocycles. The molecule has 84 valence electrons. The van der Waals surface area contributed by atoms with Gasteiger partial charge in [-0.05, 0) is 0 Å². The number of urea groups is 1. The predicted octanol–water partition coefficient (Wildman–Crippen LogP) is 0.559. The molecule has 0 unspecified atom stereocenters. The number of nitrogens with zero attached hydrogens (tertiary/aromatic N) is 3. The van der Waals surface area contributed by atoms with E-state index in [9.17, 15) is 13.2 Å². The van der Waals surface area contributed by atoms with E-state index >= 15 is 0 Å². The molecule has 0 radical (unpaired) electrons. The van der Waals surface area contributed by atoms with Gasteiger partial charge in [0, 0.05) is 24.8 Å². The molecule has 0 aliphatic rings. The zero-order chi connectivity index (χ0) is 11.6. The standard InChI is InChI=1S/C5H7ClN4O3S2/c1-10(2)4(11)7-3-8-9-5(14-3)15(6,12)13/h1-2H3,(H,7,8,11). The number of carbonyl (C=O) groups excluding carboxylic acids is 1. The van der Waals surface area contributed by atoms with Crippen LogP contribution in [0.15, 0.2) is 4.34 Å². The van der Waals surface area contributed by atoms with Crippen molar-refractivity contribution in [1.29, 1.82) is 0 Å². The highest BCUT2D eigenvalue weighted by Gasteiger charge is 2.18. The molecule has 10 heteroatoms. The fourth-order valence-electron chi connectivity index (χ4n) is 0.562. The van der Waals surface area contributed by atoms with E-state index in [4.69, 9.17) is 10.7 Å². The van der Waals surface area contributed by atoms with Crippen molar-refractivity contribution in [2.45, 2.75) is 4.34 Å². The zero-order valence-electron chi connectivity index (χ0n) is 7.76. The third-order valence-electron chi connectivity index (χ3n) is 1.24. The Hall–Kier alpha value is -0.930. The summed E-state index contributed by atoms with van der Waals surface area (Å²) in [5, 5.41) is 9.19. The number of aromatic nitrogens is 2. The minimum Gasteiger partial charge on any atom is -0.331 e. The van der Waals surface area contributed by atoms with Gasteiger partial charge in [-0.3, -0.25) is 5.32 Å². The van der Waals surface area contributed by atoms with E-state index in [-0.39, 0.29) is 9.47 Å². The molecule has 0 aliphatic carbocycles. The number of hydrogen-bond acceptors (Lipinski definition) is 6. The van der Waals surface area contributed by atoms with E-state index in [1.165, 1.54) is 19.0 Å². The summed E-state index contributed by atoms with van der Waals surface area (Å²) < 4.78 is 21.3. The van der Waals surface area contributed by atoms with Crippen molar-refractivity contribution in [3.05, 3.63) is 0 Å². The average Bonchev–Trinajstić information content (AvgIpc) is 2.51. The first-order valence-electron chi connectivity index (χ1n) is 3.57. The van der Waals surface area contributed by atoms with Gasteiger partial charge in [0.2, 0.25) is 9.47 Å². The first kappa shape index (κ1) is 12.1. The summed E-state index contributed by atoms with van der Waals surface area (Å²) in [6.45, 7) is 0. The molecule has 15 heavy (non-hydrogen) atoms. The van der Waals surface area contributed by atoms with Crippen molar-refractivity contribution in [3.8, 4) is 0 Å². The number of carbonyl (C=O) groups is 1. The smallest absolute Gasteiger partial charge is 0.323 e. The van der Waals surface area contributed by atoms with Gasteiger partial charge in [0.1, 0.15) is 0 Å². The molecule has 1 rings (SSSR count). The second kappa shape index (κ2) is 4.29. The van der Waals surface area contributed by atoms with Crippen LogP contribution in [0.25, 0.3) is 0 Å². The van der Waals surface area contributed by atoms with Gasteiger partial charge >= 0.3 is 6.03 Å². The van der Waals surface area contributed by atoms with Crippen molar-refractivity contribution < 1.29 is 13.2 Å². The molecule has 0 spiro atoms. The molecule has 1 aromatic rings. The fraction of sp³-hybridized carbons (Fsp3) is 0.400. The Balaban J connectivity index is 2.83. The molecule has 0 atom stereocenters. The van der Waals surface area contributed by atoms with Crippen molar-refractivity contribution in [1.82, 2.24) is 15.1 Å². The van der Waals surface area contributed by atoms with Gasteiger partial charge in [0.25, 0.3) is 9.05 Å². The quantitative estimate of drug-likeness (QED) is 0.626. The Kier molecular flexibility index (Phi) is 3.47. The summed E-state index contributed by atoms with van der Waals surface area (Å²) in [4.78, 5) is 12.4. The highest BCUT2D eigenvalue weighted by molar-refractivity contribution is 8.15. The molecule has 0 fully saturated rings. The number of amides is 2. The van der Waals surface area contributed by atoms with E-state index < -0.39 is 15.1 Å². The maximum Gasteiger partial charge on any atom is 0.323 e. The maximum absolute atomic E-state index is 11.1. The molecule has 2 amide bonds. The number of halogens is 1. The van der Waals surface area contributed by atoms with Gasteiger partial charge in [-0.1, -0.05) is 11.3 Å². The van der Waals surface area contributed by atoms with Crippen molar-refractivity contribution >= 4 is 42.2 Å². The van der Waals surface area contributed by atoms with Crippen LogP contribution in [0.1, 0.15) is 0 Å². The van der Waals surface area contributed by atoms with Crippen LogP contribution in [0.3, 0.4) is 0 Å². The Morgan fingerprint density at radius 2 is 2.07 bits per heavy atom. The Morgan fingerprint density at radius 1 is 1.47 bits per heavy atom. The van der Waals surface area contributed by atoms with Gasteiger partial charge in [0.05, 0.1) is 0 Å². The van der Waals surface area contributed by atoms with Crippen LogP contribution in [0.4, 0.5) is 9.93 Å². The minimum absolute atomic E-state index is 0.0768. The molecular formula is C5H7ClN4O3S2. The monoisotopic (exact) mass is 270 g/mol. The minimum atomic E-state index is -3.89. The molecule has 0 aliphatic heterocycles. The lowest BCUT2D eigenvalue weighted by Gasteiger charge is -2.08. The van der Waals surface area contributed by atoms with Crippen LogP contribution in [-0.2, 0) is 9.05 Å². The average molecular weight is 271 g/mol. The van der Waals surface area contributed by atoms with E-state index in [1.807, 2.05) is 0 Å². The number of anilines is 1. The van der Waals surface area contributed by atoms with Crippen LogP contribution >= 0.6 is 22.0 Å². The topological polar surface area (TPSA) is 92.3 Å². The highest BCUT2D eigenvalue weighted by Crippen LogP contribution is 2.22. The lowest BCUT2D eigenvalue weighted by Crippen LogP contribution is -2.27. The zero-order valence-corrected chi connectivity index (χ0v) is 10.1. The van der Waals surface area contributed by atoms with E-state index in [2.05, 4.69) is 15.5 Å². The van der Waals surface area contributed by atoms with Gasteiger partial charge in [-0.25, -0.2) is 13.2 Å². The molecule has 1 heterocycles. The van der Waals surface area contributed by atoms with Crippen LogP contribution in [0.2, 0.25) is 0 Å². The summed E-state index contributed by atoms with van der Waals surface area (Å²) in [6, 6.07) is -0.426. The van der Waals surface area contributed by atoms with Gasteiger partial charge in [-0.15, -0.1) is 10.2 Å². The Labute approximate surface area is 94.5 Å².